The van der Waals surface area contributed by atoms with Crippen LogP contribution in [0.3, 0.4) is 0 Å². The summed E-state index contributed by atoms with van der Waals surface area (Å²) in [6.45, 7) is 0. The Labute approximate surface area is 190 Å². The van der Waals surface area contributed by atoms with E-state index in [1.54, 1.807) is 54.6 Å². The van der Waals surface area contributed by atoms with E-state index in [0.717, 1.165) is 6.26 Å². The first-order valence-corrected chi connectivity index (χ1v) is 11.4. The summed E-state index contributed by atoms with van der Waals surface area (Å²) in [7, 11) is -2.58. The quantitative estimate of drug-likeness (QED) is 0.275. The van der Waals surface area contributed by atoms with Crippen molar-refractivity contribution < 1.29 is 26.9 Å². The Kier molecular flexibility index (Phi) is 6.78. The molecule has 0 radical (unpaired) electrons. The fourth-order valence-electron chi connectivity index (χ4n) is 3.08. The number of hydrogen-bond acceptors (Lipinski definition) is 7. The number of nitrogens with two attached hydrogens (primary N) is 1. The molecular formula is C23H21N3O6S. The molecule has 0 unspecified atom stereocenters. The first-order chi connectivity index (χ1) is 15.6. The van der Waals surface area contributed by atoms with E-state index in [1.165, 1.54) is 19.2 Å². The molecule has 3 rings (SSSR count). The highest BCUT2D eigenvalue weighted by atomic mass is 32.2. The molecule has 0 aliphatic heterocycles. The predicted molar refractivity (Wildman–Crippen MR) is 124 cm³/mol. The van der Waals surface area contributed by atoms with Gasteiger partial charge in [-0.05, 0) is 59.7 Å². The summed E-state index contributed by atoms with van der Waals surface area (Å²) in [6, 6.07) is 17.3. The summed E-state index contributed by atoms with van der Waals surface area (Å²) < 4.78 is 32.7. The van der Waals surface area contributed by atoms with Crippen LogP contribution in [0.1, 0.15) is 26.3 Å². The van der Waals surface area contributed by atoms with E-state index in [2.05, 4.69) is 9.50 Å². The van der Waals surface area contributed by atoms with Crippen molar-refractivity contribution >= 4 is 33.5 Å². The maximum Gasteiger partial charge on any atom is 0.354 e. The van der Waals surface area contributed by atoms with Gasteiger partial charge in [-0.3, -0.25) is 10.2 Å². The first kappa shape index (κ1) is 23.5. The van der Waals surface area contributed by atoms with Crippen molar-refractivity contribution in [3.8, 4) is 16.9 Å². The molecule has 0 atom stereocenters. The molecule has 0 aromatic heterocycles. The summed E-state index contributed by atoms with van der Waals surface area (Å²) in [5, 5.41) is 10.2. The van der Waals surface area contributed by atoms with Crippen LogP contribution in [-0.2, 0) is 14.3 Å². The van der Waals surface area contributed by atoms with Crippen molar-refractivity contribution in [1.82, 2.24) is 0 Å². The van der Waals surface area contributed by atoms with Crippen molar-refractivity contribution in [3.05, 3.63) is 83.4 Å². The van der Waals surface area contributed by atoms with Crippen LogP contribution in [0.15, 0.2) is 66.7 Å². The average molecular weight is 468 g/mol. The Hall–Kier alpha value is -4.18. The lowest BCUT2D eigenvalue weighted by molar-refractivity contribution is 0.0748. The molecule has 0 aliphatic carbocycles. The van der Waals surface area contributed by atoms with Gasteiger partial charge in [-0.1, -0.05) is 18.2 Å². The number of amides is 1. The van der Waals surface area contributed by atoms with Gasteiger partial charge in [0, 0.05) is 11.3 Å². The second-order valence-electron chi connectivity index (χ2n) is 6.98. The van der Waals surface area contributed by atoms with Gasteiger partial charge in [0.25, 0.3) is 5.91 Å². The molecule has 3 aromatic rings. The molecular weight excluding hydrogens is 446 g/mol. The minimum absolute atomic E-state index is 0.0204. The zero-order valence-corrected chi connectivity index (χ0v) is 18.6. The molecule has 170 valence electrons. The van der Waals surface area contributed by atoms with Crippen LogP contribution in [-0.4, -0.2) is 39.5 Å². The van der Waals surface area contributed by atoms with Gasteiger partial charge in [0.1, 0.15) is 11.6 Å². The summed E-state index contributed by atoms with van der Waals surface area (Å²) in [5.41, 5.74) is 7.27. The summed E-state index contributed by atoms with van der Waals surface area (Å²) in [4.78, 5) is 25.6. The van der Waals surface area contributed by atoms with E-state index in [4.69, 9.17) is 15.9 Å². The third kappa shape index (κ3) is 5.74. The monoisotopic (exact) mass is 467 g/mol. The SMILES string of the molecule is COc1ccc(-c2ccccc2C(=O)OS(C)(=O)=O)c(C(=O)Nc2ccc(C(=N)N)cc2)c1. The van der Waals surface area contributed by atoms with Crippen LogP contribution in [0, 0.1) is 5.41 Å². The average Bonchev–Trinajstić information content (AvgIpc) is 2.78. The largest absolute Gasteiger partial charge is 0.497 e. The number of carbonyl (C=O) groups excluding carboxylic acids is 2. The van der Waals surface area contributed by atoms with E-state index in [1.807, 2.05) is 0 Å². The zero-order chi connectivity index (χ0) is 24.2. The number of amidine groups is 1. The summed E-state index contributed by atoms with van der Waals surface area (Å²) in [5.74, 6) is -1.24. The Bertz CT molecular complexity index is 1330. The van der Waals surface area contributed by atoms with E-state index < -0.39 is 22.0 Å². The number of rotatable bonds is 7. The van der Waals surface area contributed by atoms with E-state index in [9.17, 15) is 18.0 Å². The van der Waals surface area contributed by atoms with Gasteiger partial charge in [0.2, 0.25) is 0 Å². The third-order valence-corrected chi connectivity index (χ3v) is 5.04. The number of ether oxygens (including phenoxy) is 1. The molecule has 0 saturated carbocycles. The normalized spacial score (nSPS) is 10.8. The third-order valence-electron chi connectivity index (χ3n) is 4.59. The van der Waals surface area contributed by atoms with Crippen molar-refractivity contribution in [1.29, 1.82) is 5.41 Å². The fraction of sp³-hybridized carbons (Fsp3) is 0.0870. The second kappa shape index (κ2) is 9.53. The van der Waals surface area contributed by atoms with Crippen LogP contribution in [0.5, 0.6) is 5.75 Å². The van der Waals surface area contributed by atoms with Crippen LogP contribution >= 0.6 is 0 Å². The zero-order valence-electron chi connectivity index (χ0n) is 17.8. The smallest absolute Gasteiger partial charge is 0.354 e. The molecule has 0 saturated heterocycles. The maximum absolute atomic E-state index is 13.2. The maximum atomic E-state index is 13.2. The number of benzene rings is 3. The number of carbonyl (C=O) groups is 2. The van der Waals surface area contributed by atoms with Gasteiger partial charge in [-0.15, -0.1) is 0 Å². The van der Waals surface area contributed by atoms with Gasteiger partial charge in [0.05, 0.1) is 24.5 Å². The predicted octanol–water partition coefficient (Wildman–Crippen LogP) is 3.01. The van der Waals surface area contributed by atoms with E-state index in [0.29, 0.717) is 28.1 Å². The molecule has 33 heavy (non-hydrogen) atoms. The van der Waals surface area contributed by atoms with Crippen LogP contribution in [0.25, 0.3) is 11.1 Å². The van der Waals surface area contributed by atoms with Gasteiger partial charge in [-0.25, -0.2) is 4.79 Å². The lowest BCUT2D eigenvalue weighted by Gasteiger charge is -2.15. The standard InChI is InChI=1S/C23H21N3O6S/c1-31-16-11-12-18(17-5-3-4-6-19(17)23(28)32-33(2,29)30)20(13-16)22(27)26-15-9-7-14(8-10-15)21(24)25/h3-13H,1-2H3,(H3,24,25)(H,26,27). The molecule has 0 heterocycles. The summed E-state index contributed by atoms with van der Waals surface area (Å²) >= 11 is 0. The van der Waals surface area contributed by atoms with Gasteiger partial charge in [-0.2, -0.15) is 8.42 Å². The van der Waals surface area contributed by atoms with E-state index >= 15 is 0 Å². The number of nitrogen functional groups attached to an aromatic ring is 1. The minimum Gasteiger partial charge on any atom is -0.497 e. The molecule has 0 bridgehead atoms. The van der Waals surface area contributed by atoms with Crippen molar-refractivity contribution in [2.75, 3.05) is 18.7 Å². The Morgan fingerprint density at radius 3 is 2.18 bits per heavy atom. The Morgan fingerprint density at radius 1 is 0.939 bits per heavy atom. The minimum atomic E-state index is -4.03. The van der Waals surface area contributed by atoms with Crippen LogP contribution in [0.2, 0.25) is 0 Å². The van der Waals surface area contributed by atoms with Crippen LogP contribution < -0.4 is 15.8 Å². The first-order valence-electron chi connectivity index (χ1n) is 9.56. The lowest BCUT2D eigenvalue weighted by Crippen LogP contribution is -2.16. The molecule has 0 fully saturated rings. The summed E-state index contributed by atoms with van der Waals surface area (Å²) in [6.07, 6.45) is 0.775. The van der Waals surface area contributed by atoms with Crippen molar-refractivity contribution in [2.24, 2.45) is 5.73 Å². The highest BCUT2D eigenvalue weighted by Crippen LogP contribution is 2.31. The Morgan fingerprint density at radius 2 is 1.58 bits per heavy atom. The fourth-order valence-corrected chi connectivity index (χ4v) is 3.45. The van der Waals surface area contributed by atoms with Crippen molar-refractivity contribution in [3.63, 3.8) is 0 Å². The van der Waals surface area contributed by atoms with Crippen LogP contribution in [0.4, 0.5) is 5.69 Å². The van der Waals surface area contributed by atoms with Gasteiger partial charge in [0.15, 0.2) is 0 Å². The number of anilines is 1. The number of methoxy groups -OCH3 is 1. The van der Waals surface area contributed by atoms with Gasteiger partial charge < -0.3 is 20.0 Å². The number of nitrogens with one attached hydrogen (secondary N) is 2. The molecule has 0 aliphatic rings. The molecule has 4 N–H and O–H groups in total. The molecule has 1 amide bonds. The second-order valence-corrected chi connectivity index (χ2v) is 8.55. The Balaban J connectivity index is 2.04. The topological polar surface area (TPSA) is 149 Å². The van der Waals surface area contributed by atoms with Crippen molar-refractivity contribution in [2.45, 2.75) is 0 Å². The van der Waals surface area contributed by atoms with E-state index in [-0.39, 0.29) is 17.0 Å². The van der Waals surface area contributed by atoms with Gasteiger partial charge >= 0.3 is 16.1 Å². The lowest BCUT2D eigenvalue weighted by atomic mass is 9.94. The number of hydrogen-bond donors (Lipinski definition) is 3. The molecule has 10 heteroatoms. The molecule has 0 spiro atoms. The highest BCUT2D eigenvalue weighted by molar-refractivity contribution is 7.86. The molecule has 9 nitrogen and oxygen atoms in total. The highest BCUT2D eigenvalue weighted by Gasteiger charge is 2.22. The molecule has 3 aromatic carbocycles.